The molecule has 1 aromatic heterocycles. The number of aliphatic hydroxyl groups excluding tert-OH is 1. The molecule has 0 radical (unpaired) electrons. The van der Waals surface area contributed by atoms with Gasteiger partial charge in [0.2, 0.25) is 0 Å². The van der Waals surface area contributed by atoms with Crippen LogP contribution in [0.15, 0.2) is 64.7 Å². The summed E-state index contributed by atoms with van der Waals surface area (Å²) in [6, 6.07) is 12.5. The van der Waals surface area contributed by atoms with Crippen LogP contribution in [0.4, 0.5) is 10.2 Å². The standard InChI is InChI=1S/C24H21FN2O5/c1-3-12-31-18-10-6-15(7-11-18)21-20(22(28)16-4-8-17(25)9-5-16)23(29)24(30)27(21)19-13-14(2)32-26-19/h4-11,13,21,28H,3,12H2,1-2H3/b22-20+/t21-/m0/s1. The Hall–Kier alpha value is -3.94. The zero-order valence-electron chi connectivity index (χ0n) is 17.5. The van der Waals surface area contributed by atoms with Crippen LogP contribution in [0.2, 0.25) is 0 Å². The molecule has 0 unspecified atom stereocenters. The topological polar surface area (TPSA) is 92.9 Å². The van der Waals surface area contributed by atoms with Crippen molar-refractivity contribution in [2.45, 2.75) is 26.3 Å². The average molecular weight is 436 g/mol. The highest BCUT2D eigenvalue weighted by Gasteiger charge is 2.48. The molecule has 1 aliphatic heterocycles. The number of nitrogens with zero attached hydrogens (tertiary/aromatic N) is 2. The minimum atomic E-state index is -0.954. The number of hydrogen-bond acceptors (Lipinski definition) is 6. The number of carbonyl (C=O) groups is 2. The van der Waals surface area contributed by atoms with E-state index in [4.69, 9.17) is 9.26 Å². The van der Waals surface area contributed by atoms with Crippen molar-refractivity contribution in [1.82, 2.24) is 5.16 Å². The molecule has 7 nitrogen and oxygen atoms in total. The van der Waals surface area contributed by atoms with E-state index >= 15 is 0 Å². The lowest BCUT2D eigenvalue weighted by Gasteiger charge is -2.23. The molecular formula is C24H21FN2O5. The first kappa shape index (κ1) is 21.3. The van der Waals surface area contributed by atoms with Crippen LogP contribution in [-0.2, 0) is 9.59 Å². The number of ketones is 1. The van der Waals surface area contributed by atoms with Gasteiger partial charge in [0.15, 0.2) is 5.82 Å². The number of halogens is 1. The van der Waals surface area contributed by atoms with Crippen LogP contribution in [0.5, 0.6) is 5.75 Å². The Bertz CT molecular complexity index is 1180. The Labute approximate surface area is 183 Å². The van der Waals surface area contributed by atoms with Gasteiger partial charge in [-0.1, -0.05) is 24.2 Å². The zero-order chi connectivity index (χ0) is 22.8. The average Bonchev–Trinajstić information content (AvgIpc) is 3.33. The van der Waals surface area contributed by atoms with Crippen molar-refractivity contribution in [3.63, 3.8) is 0 Å². The van der Waals surface area contributed by atoms with Crippen LogP contribution in [0.1, 0.15) is 36.3 Å². The number of hydrogen-bond donors (Lipinski definition) is 1. The molecule has 3 aromatic rings. The maximum Gasteiger partial charge on any atom is 0.301 e. The van der Waals surface area contributed by atoms with Crippen LogP contribution in [0, 0.1) is 12.7 Å². The molecule has 32 heavy (non-hydrogen) atoms. The fraction of sp³-hybridized carbons (Fsp3) is 0.208. The van der Waals surface area contributed by atoms with E-state index in [2.05, 4.69) is 5.16 Å². The highest BCUT2D eigenvalue weighted by atomic mass is 19.1. The highest BCUT2D eigenvalue weighted by Crippen LogP contribution is 2.42. The van der Waals surface area contributed by atoms with Crippen molar-refractivity contribution in [3.05, 3.63) is 82.9 Å². The van der Waals surface area contributed by atoms with Gasteiger partial charge in [0.1, 0.15) is 23.1 Å². The third-order valence-corrected chi connectivity index (χ3v) is 5.09. The fourth-order valence-corrected chi connectivity index (χ4v) is 3.58. The van der Waals surface area contributed by atoms with Gasteiger partial charge in [0.25, 0.3) is 5.78 Å². The number of ether oxygens (including phenoxy) is 1. The molecule has 0 bridgehead atoms. The first-order valence-electron chi connectivity index (χ1n) is 10.1. The van der Waals surface area contributed by atoms with Crippen LogP contribution >= 0.6 is 0 Å². The predicted molar refractivity (Wildman–Crippen MR) is 115 cm³/mol. The van der Waals surface area contributed by atoms with E-state index in [0.717, 1.165) is 6.42 Å². The Morgan fingerprint density at radius 2 is 1.84 bits per heavy atom. The smallest absolute Gasteiger partial charge is 0.301 e. The van der Waals surface area contributed by atoms with E-state index in [9.17, 15) is 19.1 Å². The fourth-order valence-electron chi connectivity index (χ4n) is 3.58. The Kier molecular flexibility index (Phi) is 5.77. The number of amides is 1. The number of aliphatic hydroxyl groups is 1. The van der Waals surface area contributed by atoms with Crippen molar-refractivity contribution >= 4 is 23.3 Å². The van der Waals surface area contributed by atoms with Crippen molar-refractivity contribution in [3.8, 4) is 5.75 Å². The lowest BCUT2D eigenvalue weighted by atomic mass is 9.95. The van der Waals surface area contributed by atoms with Gasteiger partial charge in [0.05, 0.1) is 18.2 Å². The Morgan fingerprint density at radius 3 is 2.44 bits per heavy atom. The van der Waals surface area contributed by atoms with Gasteiger partial charge in [-0.3, -0.25) is 14.5 Å². The third kappa shape index (κ3) is 3.87. The first-order valence-corrected chi connectivity index (χ1v) is 10.1. The first-order chi connectivity index (χ1) is 15.4. The van der Waals surface area contributed by atoms with Gasteiger partial charge in [-0.15, -0.1) is 0 Å². The Morgan fingerprint density at radius 1 is 1.16 bits per heavy atom. The largest absolute Gasteiger partial charge is 0.507 e. The molecule has 2 heterocycles. The second kappa shape index (κ2) is 8.66. The summed E-state index contributed by atoms with van der Waals surface area (Å²) in [7, 11) is 0. The number of benzene rings is 2. The summed E-state index contributed by atoms with van der Waals surface area (Å²) < 4.78 is 24.1. The summed E-state index contributed by atoms with van der Waals surface area (Å²) in [6.07, 6.45) is 0.852. The predicted octanol–water partition coefficient (Wildman–Crippen LogP) is 4.54. The molecular weight excluding hydrogens is 415 g/mol. The Balaban J connectivity index is 1.85. The van der Waals surface area contributed by atoms with Crippen LogP contribution in [-0.4, -0.2) is 28.6 Å². The summed E-state index contributed by atoms with van der Waals surface area (Å²) in [5.74, 6) is -1.35. The number of rotatable bonds is 6. The van der Waals surface area contributed by atoms with Gasteiger partial charge in [0, 0.05) is 11.6 Å². The number of aryl methyl sites for hydroxylation is 1. The monoisotopic (exact) mass is 436 g/mol. The van der Waals surface area contributed by atoms with Crippen molar-refractivity contribution < 1.29 is 28.3 Å². The van der Waals surface area contributed by atoms with Crippen LogP contribution < -0.4 is 9.64 Å². The quantitative estimate of drug-likeness (QED) is 0.347. The number of Topliss-reactive ketones (excluding diaryl/α,β-unsaturated/α-hetero) is 1. The van der Waals surface area contributed by atoms with E-state index in [-0.39, 0.29) is 17.0 Å². The molecule has 2 aromatic carbocycles. The highest BCUT2D eigenvalue weighted by molar-refractivity contribution is 6.51. The molecule has 1 saturated heterocycles. The van der Waals surface area contributed by atoms with E-state index in [1.54, 1.807) is 31.2 Å². The molecule has 1 aliphatic rings. The van der Waals surface area contributed by atoms with Crippen molar-refractivity contribution in [1.29, 1.82) is 0 Å². The molecule has 0 spiro atoms. The van der Waals surface area contributed by atoms with E-state index in [1.807, 2.05) is 6.92 Å². The molecule has 164 valence electrons. The number of aromatic nitrogens is 1. The summed E-state index contributed by atoms with van der Waals surface area (Å²) in [5, 5.41) is 14.9. The summed E-state index contributed by atoms with van der Waals surface area (Å²) in [6.45, 7) is 4.22. The summed E-state index contributed by atoms with van der Waals surface area (Å²) in [5.41, 5.74) is 0.662. The van der Waals surface area contributed by atoms with Gasteiger partial charge in [-0.2, -0.15) is 0 Å². The molecule has 0 saturated carbocycles. The zero-order valence-corrected chi connectivity index (χ0v) is 17.5. The van der Waals surface area contributed by atoms with E-state index in [0.29, 0.717) is 23.7 Å². The molecule has 1 amide bonds. The van der Waals surface area contributed by atoms with Crippen LogP contribution in [0.25, 0.3) is 5.76 Å². The van der Waals surface area contributed by atoms with Gasteiger partial charge in [-0.25, -0.2) is 4.39 Å². The van der Waals surface area contributed by atoms with Crippen molar-refractivity contribution in [2.75, 3.05) is 11.5 Å². The molecule has 1 fully saturated rings. The molecule has 1 atom stereocenters. The maximum absolute atomic E-state index is 13.4. The van der Waals surface area contributed by atoms with Gasteiger partial charge in [-0.05, 0) is 55.3 Å². The lowest BCUT2D eigenvalue weighted by Crippen LogP contribution is -2.29. The number of carbonyl (C=O) groups excluding carboxylic acids is 2. The van der Waals surface area contributed by atoms with Gasteiger partial charge < -0.3 is 14.4 Å². The number of anilines is 1. The minimum absolute atomic E-state index is 0.121. The molecule has 4 rings (SSSR count). The van der Waals surface area contributed by atoms with E-state index < -0.39 is 29.3 Å². The van der Waals surface area contributed by atoms with Crippen molar-refractivity contribution in [2.24, 2.45) is 0 Å². The summed E-state index contributed by atoms with van der Waals surface area (Å²) in [4.78, 5) is 27.2. The third-order valence-electron chi connectivity index (χ3n) is 5.09. The van der Waals surface area contributed by atoms with Crippen LogP contribution in [0.3, 0.4) is 0 Å². The lowest BCUT2D eigenvalue weighted by molar-refractivity contribution is -0.132. The molecule has 1 N–H and O–H groups in total. The molecule has 0 aliphatic carbocycles. The SMILES string of the molecule is CCCOc1ccc([C@H]2/C(=C(\O)c3ccc(F)cc3)C(=O)C(=O)N2c2cc(C)on2)cc1. The van der Waals surface area contributed by atoms with Gasteiger partial charge >= 0.3 is 5.91 Å². The second-order valence-electron chi connectivity index (χ2n) is 7.39. The van der Waals surface area contributed by atoms with E-state index in [1.165, 1.54) is 35.2 Å². The summed E-state index contributed by atoms with van der Waals surface area (Å²) >= 11 is 0. The maximum atomic E-state index is 13.4. The minimum Gasteiger partial charge on any atom is -0.507 e. The molecule has 8 heteroatoms. The second-order valence-corrected chi connectivity index (χ2v) is 7.39. The normalized spacial score (nSPS) is 17.7.